The third-order valence-corrected chi connectivity index (χ3v) is 2.80. The molecule has 0 saturated carbocycles. The summed E-state index contributed by atoms with van der Waals surface area (Å²) in [6, 6.07) is -0.201. The molecule has 100 valence electrons. The van der Waals surface area contributed by atoms with Gasteiger partial charge in [-0.05, 0) is 27.0 Å². The highest BCUT2D eigenvalue weighted by Gasteiger charge is 2.26. The van der Waals surface area contributed by atoms with Gasteiger partial charge in [-0.1, -0.05) is 0 Å². The third-order valence-electron chi connectivity index (χ3n) is 2.19. The summed E-state index contributed by atoms with van der Waals surface area (Å²) in [6.07, 6.45) is 1.94. The van der Waals surface area contributed by atoms with E-state index in [9.17, 15) is 9.59 Å². The summed E-state index contributed by atoms with van der Waals surface area (Å²) >= 11 is 1.65. The van der Waals surface area contributed by atoms with Gasteiger partial charge in [-0.3, -0.25) is 4.79 Å². The Hall–Kier alpha value is -0.910. The van der Waals surface area contributed by atoms with Crippen LogP contribution in [-0.2, 0) is 4.79 Å². The third kappa shape index (κ3) is 7.10. The molecule has 2 amide bonds. The summed E-state index contributed by atoms with van der Waals surface area (Å²) in [5.41, 5.74) is -0.376. The first-order chi connectivity index (χ1) is 7.79. The molecule has 2 N–H and O–H groups in total. The van der Waals surface area contributed by atoms with Crippen LogP contribution in [0.2, 0.25) is 0 Å². The summed E-state index contributed by atoms with van der Waals surface area (Å²) < 4.78 is 0. The van der Waals surface area contributed by atoms with Gasteiger partial charge in [0.2, 0.25) is 0 Å². The molecule has 17 heavy (non-hydrogen) atoms. The molecule has 0 aliphatic rings. The first kappa shape index (κ1) is 16.1. The highest BCUT2D eigenvalue weighted by Crippen LogP contribution is 2.13. The van der Waals surface area contributed by atoms with Crippen molar-refractivity contribution in [2.45, 2.75) is 32.7 Å². The van der Waals surface area contributed by atoms with Crippen LogP contribution in [0.3, 0.4) is 0 Å². The summed E-state index contributed by atoms with van der Waals surface area (Å²) in [4.78, 5) is 24.0. The molecule has 0 aromatic rings. The van der Waals surface area contributed by atoms with Crippen LogP contribution in [0.15, 0.2) is 0 Å². The first-order valence-electron chi connectivity index (χ1n) is 5.55. The van der Waals surface area contributed by atoms with Crippen LogP contribution in [0.25, 0.3) is 0 Å². The number of carbonyl (C=O) groups excluding carboxylic acids is 1. The minimum Gasteiger partial charge on any atom is -0.481 e. The normalized spacial score (nSPS) is 11.1. The fourth-order valence-corrected chi connectivity index (χ4v) is 1.61. The Kier molecular flexibility index (Phi) is 7.03. The molecule has 0 heterocycles. The van der Waals surface area contributed by atoms with Gasteiger partial charge in [-0.15, -0.1) is 0 Å². The molecule has 0 radical (unpaired) electrons. The number of carboxylic acids is 1. The van der Waals surface area contributed by atoms with Crippen molar-refractivity contribution < 1.29 is 14.7 Å². The zero-order valence-electron chi connectivity index (χ0n) is 10.9. The lowest BCUT2D eigenvalue weighted by atomic mass is 10.1. The Morgan fingerprint density at radius 3 is 2.35 bits per heavy atom. The van der Waals surface area contributed by atoms with E-state index in [2.05, 4.69) is 5.32 Å². The number of carboxylic acid groups (broad SMARTS) is 1. The smallest absolute Gasteiger partial charge is 0.317 e. The van der Waals surface area contributed by atoms with Gasteiger partial charge in [0.25, 0.3) is 0 Å². The highest BCUT2D eigenvalue weighted by atomic mass is 32.2. The monoisotopic (exact) mass is 262 g/mol. The van der Waals surface area contributed by atoms with E-state index in [1.165, 1.54) is 0 Å². The Bertz CT molecular complexity index is 264. The average molecular weight is 262 g/mol. The lowest BCUT2D eigenvalue weighted by Gasteiger charge is -2.35. The van der Waals surface area contributed by atoms with Crippen molar-refractivity contribution >= 4 is 23.8 Å². The number of amides is 2. The molecule has 5 nitrogen and oxygen atoms in total. The Morgan fingerprint density at radius 2 is 1.94 bits per heavy atom. The van der Waals surface area contributed by atoms with E-state index < -0.39 is 5.97 Å². The number of aliphatic carboxylic acids is 1. The summed E-state index contributed by atoms with van der Waals surface area (Å²) in [7, 11) is 0. The van der Waals surface area contributed by atoms with E-state index in [1.807, 2.05) is 27.0 Å². The molecule has 6 heteroatoms. The topological polar surface area (TPSA) is 69.6 Å². The Labute approximate surface area is 107 Å². The molecule has 0 aliphatic heterocycles. The van der Waals surface area contributed by atoms with Gasteiger partial charge in [-0.2, -0.15) is 11.8 Å². The number of nitrogens with zero attached hydrogens (tertiary/aromatic N) is 1. The van der Waals surface area contributed by atoms with E-state index in [4.69, 9.17) is 5.11 Å². The van der Waals surface area contributed by atoms with E-state index in [-0.39, 0.29) is 24.5 Å². The van der Waals surface area contributed by atoms with E-state index in [0.717, 1.165) is 5.75 Å². The number of nitrogens with one attached hydrogen (secondary N) is 1. The molecule has 0 aliphatic carbocycles. The number of hydrogen-bond donors (Lipinski definition) is 2. The lowest BCUT2D eigenvalue weighted by molar-refractivity contribution is -0.137. The van der Waals surface area contributed by atoms with Gasteiger partial charge < -0.3 is 15.3 Å². The summed E-state index contributed by atoms with van der Waals surface area (Å²) in [5.74, 6) is -0.0426. The highest BCUT2D eigenvalue weighted by molar-refractivity contribution is 7.98. The first-order valence-corrected chi connectivity index (χ1v) is 6.94. The fraction of sp³-hybridized carbons (Fsp3) is 0.818. The van der Waals surface area contributed by atoms with Crippen LogP contribution in [0, 0.1) is 0 Å². The SMILES string of the molecule is CSCCNC(=O)N(CCC(=O)O)C(C)(C)C. The van der Waals surface area contributed by atoms with E-state index >= 15 is 0 Å². The molecule has 0 rings (SSSR count). The van der Waals surface area contributed by atoms with Gasteiger partial charge in [0.05, 0.1) is 6.42 Å². The maximum Gasteiger partial charge on any atom is 0.317 e. The summed E-state index contributed by atoms with van der Waals surface area (Å²) in [5, 5.41) is 11.4. The van der Waals surface area contributed by atoms with Crippen molar-refractivity contribution in [2.24, 2.45) is 0 Å². The molecule has 0 aromatic heterocycles. The predicted molar refractivity (Wildman–Crippen MR) is 70.5 cm³/mol. The van der Waals surface area contributed by atoms with Gasteiger partial charge >= 0.3 is 12.0 Å². The Morgan fingerprint density at radius 1 is 1.35 bits per heavy atom. The molecular formula is C11H22N2O3S. The molecule has 0 saturated heterocycles. The van der Waals surface area contributed by atoms with E-state index in [0.29, 0.717) is 6.54 Å². The number of hydrogen-bond acceptors (Lipinski definition) is 3. The molecule has 0 atom stereocenters. The average Bonchev–Trinajstić information content (AvgIpc) is 2.15. The molecule has 0 aromatic carbocycles. The van der Waals surface area contributed by atoms with Gasteiger partial charge in [0.15, 0.2) is 0 Å². The fourth-order valence-electron chi connectivity index (χ4n) is 1.30. The van der Waals surface area contributed by atoms with Crippen molar-refractivity contribution in [3.63, 3.8) is 0 Å². The van der Waals surface area contributed by atoms with Crippen LogP contribution in [-0.4, -0.2) is 52.6 Å². The number of urea groups is 1. The molecular weight excluding hydrogens is 240 g/mol. The molecule has 0 bridgehead atoms. The lowest BCUT2D eigenvalue weighted by Crippen LogP contribution is -2.51. The maximum absolute atomic E-state index is 11.9. The van der Waals surface area contributed by atoms with Crippen molar-refractivity contribution in [1.82, 2.24) is 10.2 Å². The number of carbonyl (C=O) groups is 2. The quantitative estimate of drug-likeness (QED) is 0.714. The standard InChI is InChI=1S/C11H22N2O3S/c1-11(2,3)13(7-5-9(14)15)10(16)12-6-8-17-4/h5-8H2,1-4H3,(H,12,16)(H,14,15). The zero-order valence-corrected chi connectivity index (χ0v) is 11.8. The number of rotatable bonds is 6. The van der Waals surface area contributed by atoms with Gasteiger partial charge in [0.1, 0.15) is 0 Å². The number of thioether (sulfide) groups is 1. The Balaban J connectivity index is 4.36. The molecule has 0 spiro atoms. The van der Waals surface area contributed by atoms with Crippen molar-refractivity contribution in [1.29, 1.82) is 0 Å². The van der Waals surface area contributed by atoms with Gasteiger partial charge in [-0.25, -0.2) is 4.79 Å². The van der Waals surface area contributed by atoms with E-state index in [1.54, 1.807) is 16.7 Å². The van der Waals surface area contributed by atoms with Crippen LogP contribution in [0.4, 0.5) is 4.79 Å². The molecule has 0 unspecified atom stereocenters. The van der Waals surface area contributed by atoms with Crippen LogP contribution in [0.5, 0.6) is 0 Å². The van der Waals surface area contributed by atoms with Crippen LogP contribution < -0.4 is 5.32 Å². The minimum atomic E-state index is -0.892. The second-order valence-corrected chi connectivity index (χ2v) is 5.68. The summed E-state index contributed by atoms with van der Waals surface area (Å²) in [6.45, 7) is 6.50. The van der Waals surface area contributed by atoms with Crippen LogP contribution in [0.1, 0.15) is 27.2 Å². The second kappa shape index (κ2) is 7.42. The molecule has 0 fully saturated rings. The van der Waals surface area contributed by atoms with Gasteiger partial charge in [0, 0.05) is 24.4 Å². The van der Waals surface area contributed by atoms with Crippen LogP contribution >= 0.6 is 11.8 Å². The van der Waals surface area contributed by atoms with Crippen molar-refractivity contribution in [3.8, 4) is 0 Å². The van der Waals surface area contributed by atoms with Crippen molar-refractivity contribution in [3.05, 3.63) is 0 Å². The minimum absolute atomic E-state index is 0.0345. The second-order valence-electron chi connectivity index (χ2n) is 4.69. The zero-order chi connectivity index (χ0) is 13.5. The maximum atomic E-state index is 11.9. The largest absolute Gasteiger partial charge is 0.481 e. The van der Waals surface area contributed by atoms with Crippen molar-refractivity contribution in [2.75, 3.05) is 25.1 Å². The predicted octanol–water partition coefficient (Wildman–Crippen LogP) is 1.63.